The number of esters is 1. The van der Waals surface area contributed by atoms with E-state index in [1.165, 1.54) is 0 Å². The predicted octanol–water partition coefficient (Wildman–Crippen LogP) is 5.29. The Kier molecular flexibility index (Phi) is 9.69. The molecule has 1 atom stereocenters. The Morgan fingerprint density at radius 3 is 2.61 bits per heavy atom. The molecule has 0 spiro atoms. The Hall–Kier alpha value is -3.86. The van der Waals surface area contributed by atoms with E-state index in [1.54, 1.807) is 50.4 Å². The fourth-order valence-corrected chi connectivity index (χ4v) is 5.11. The van der Waals surface area contributed by atoms with Gasteiger partial charge in [-0.05, 0) is 70.2 Å². The second kappa shape index (κ2) is 13.2. The summed E-state index contributed by atoms with van der Waals surface area (Å²) < 4.78 is 13.1. The molecule has 0 bridgehead atoms. The number of rotatable bonds is 9. The fraction of sp³-hybridized carbons (Fsp3) is 0.241. The molecule has 0 unspecified atom stereocenters. The van der Waals surface area contributed by atoms with Gasteiger partial charge in [0.2, 0.25) is 0 Å². The number of para-hydroxylation sites is 1. The van der Waals surface area contributed by atoms with Crippen molar-refractivity contribution < 1.29 is 19.1 Å². The van der Waals surface area contributed by atoms with Crippen LogP contribution in [0.2, 0.25) is 10.0 Å². The Balaban J connectivity index is 1.45. The summed E-state index contributed by atoms with van der Waals surface area (Å²) in [4.78, 5) is 25.3. The van der Waals surface area contributed by atoms with Gasteiger partial charge in [-0.2, -0.15) is 5.10 Å². The van der Waals surface area contributed by atoms with E-state index in [4.69, 9.17) is 44.9 Å². The van der Waals surface area contributed by atoms with Crippen LogP contribution >= 0.6 is 35.4 Å². The third-order valence-electron chi connectivity index (χ3n) is 6.38. The second-order valence-electron chi connectivity index (χ2n) is 9.17. The van der Waals surface area contributed by atoms with Crippen LogP contribution in [0.1, 0.15) is 42.4 Å². The molecule has 4 rings (SSSR count). The molecule has 3 N–H and O–H groups in total. The molecule has 0 radical (unpaired) electrons. The second-order valence-corrected chi connectivity index (χ2v) is 10.4. The maximum atomic E-state index is 12.7. The van der Waals surface area contributed by atoms with Crippen LogP contribution in [0.5, 0.6) is 5.75 Å². The lowest BCUT2D eigenvalue weighted by Crippen LogP contribution is -2.45. The molecule has 214 valence electrons. The van der Waals surface area contributed by atoms with Crippen LogP contribution in [0.15, 0.2) is 64.9 Å². The minimum Gasteiger partial charge on any atom is -0.483 e. The largest absolute Gasteiger partial charge is 0.483 e. The van der Waals surface area contributed by atoms with Crippen molar-refractivity contribution >= 4 is 58.6 Å². The number of nitrogens with zero attached hydrogens (tertiary/aromatic N) is 2. The summed E-state index contributed by atoms with van der Waals surface area (Å²) in [5, 5.41) is 11.5. The van der Waals surface area contributed by atoms with Crippen LogP contribution in [0.3, 0.4) is 0 Å². The highest BCUT2D eigenvalue weighted by Crippen LogP contribution is 2.33. The molecule has 9 nitrogen and oxygen atoms in total. The van der Waals surface area contributed by atoms with Crippen LogP contribution in [0.4, 0.5) is 0 Å². The lowest BCUT2D eigenvalue weighted by Gasteiger charge is -2.30. The average Bonchev–Trinajstić information content (AvgIpc) is 3.21. The molecular weight excluding hydrogens is 585 g/mol. The average molecular weight is 615 g/mol. The number of hydrogen-bond donors (Lipinski definition) is 3. The molecule has 2 aromatic carbocycles. The molecule has 1 aromatic heterocycles. The van der Waals surface area contributed by atoms with Gasteiger partial charge >= 0.3 is 5.97 Å². The van der Waals surface area contributed by atoms with Crippen molar-refractivity contribution in [2.24, 2.45) is 5.10 Å². The number of amides is 1. The van der Waals surface area contributed by atoms with E-state index in [0.29, 0.717) is 37.7 Å². The summed E-state index contributed by atoms with van der Waals surface area (Å²) >= 11 is 17.6. The molecule has 0 aliphatic carbocycles. The van der Waals surface area contributed by atoms with Crippen LogP contribution in [0, 0.1) is 13.8 Å². The van der Waals surface area contributed by atoms with Crippen LogP contribution in [0.25, 0.3) is 5.69 Å². The first-order valence-electron chi connectivity index (χ1n) is 12.7. The number of aromatic nitrogens is 1. The van der Waals surface area contributed by atoms with Gasteiger partial charge in [0.15, 0.2) is 11.7 Å². The van der Waals surface area contributed by atoms with E-state index in [0.717, 1.165) is 22.6 Å². The number of carbonyl (C=O) groups excluding carboxylic acids is 2. The molecule has 1 aliphatic rings. The van der Waals surface area contributed by atoms with Crippen molar-refractivity contribution in [1.29, 1.82) is 0 Å². The summed E-state index contributed by atoms with van der Waals surface area (Å²) in [5.74, 6) is -0.521. The standard InChI is InChI=1S/C29H29Cl2N5O4S/c1-5-39-28(38)26-17(3)33-29(41)34-27(26)21-8-6-7-9-24(21)40-15-25(37)35-32-14-19-12-16(2)36(18(19)4)20-10-11-22(30)23(31)13-20/h6-14,27H,5,15H2,1-4H3,(H,35,37)(H2,33,34,41)/t27-/m1/s1. The van der Waals surface area contributed by atoms with Gasteiger partial charge in [0, 0.05) is 33.9 Å². The summed E-state index contributed by atoms with van der Waals surface area (Å²) in [6.07, 6.45) is 1.57. The molecule has 0 saturated heterocycles. The van der Waals surface area contributed by atoms with Crippen molar-refractivity contribution in [2.75, 3.05) is 13.2 Å². The summed E-state index contributed by atoms with van der Waals surface area (Å²) in [6, 6.07) is 13.9. The van der Waals surface area contributed by atoms with Gasteiger partial charge in [0.05, 0.1) is 34.5 Å². The van der Waals surface area contributed by atoms with Crippen molar-refractivity contribution in [3.8, 4) is 11.4 Å². The van der Waals surface area contributed by atoms with Gasteiger partial charge in [0.1, 0.15) is 5.75 Å². The van der Waals surface area contributed by atoms with Crippen LogP contribution in [-0.2, 0) is 14.3 Å². The van der Waals surface area contributed by atoms with E-state index in [1.807, 2.05) is 36.6 Å². The van der Waals surface area contributed by atoms with Crippen molar-refractivity contribution in [2.45, 2.75) is 33.7 Å². The van der Waals surface area contributed by atoms with E-state index < -0.39 is 17.9 Å². The SMILES string of the molecule is CCOC(=O)C1=C(C)NC(=S)N[C@@H]1c1ccccc1OCC(=O)NN=Cc1cc(C)n(-c2ccc(Cl)c(Cl)c2)c1C. The number of allylic oxidation sites excluding steroid dienone is 1. The lowest BCUT2D eigenvalue weighted by atomic mass is 9.95. The van der Waals surface area contributed by atoms with E-state index in [9.17, 15) is 9.59 Å². The zero-order valence-corrected chi connectivity index (χ0v) is 25.2. The Bertz CT molecular complexity index is 1570. The predicted molar refractivity (Wildman–Crippen MR) is 164 cm³/mol. The number of nitrogens with one attached hydrogen (secondary N) is 3. The maximum absolute atomic E-state index is 12.7. The molecule has 12 heteroatoms. The van der Waals surface area contributed by atoms with E-state index in [-0.39, 0.29) is 13.2 Å². The third-order valence-corrected chi connectivity index (χ3v) is 7.34. The molecule has 1 amide bonds. The first kappa shape index (κ1) is 30.1. The van der Waals surface area contributed by atoms with Crippen molar-refractivity contribution in [1.82, 2.24) is 20.6 Å². The Morgan fingerprint density at radius 2 is 1.88 bits per heavy atom. The fourth-order valence-electron chi connectivity index (χ4n) is 4.55. The highest BCUT2D eigenvalue weighted by Gasteiger charge is 2.32. The minimum atomic E-state index is -0.620. The number of ether oxygens (including phenoxy) is 2. The normalized spacial score (nSPS) is 15.0. The minimum absolute atomic E-state index is 0.227. The molecule has 1 aliphatic heterocycles. The highest BCUT2D eigenvalue weighted by molar-refractivity contribution is 7.80. The summed E-state index contributed by atoms with van der Waals surface area (Å²) in [7, 11) is 0. The molecule has 0 saturated carbocycles. The summed E-state index contributed by atoms with van der Waals surface area (Å²) in [6.45, 7) is 7.32. The maximum Gasteiger partial charge on any atom is 0.338 e. The topological polar surface area (TPSA) is 106 Å². The lowest BCUT2D eigenvalue weighted by molar-refractivity contribution is -0.139. The smallest absolute Gasteiger partial charge is 0.338 e. The van der Waals surface area contributed by atoms with Crippen LogP contribution < -0.4 is 20.8 Å². The molecule has 2 heterocycles. The van der Waals surface area contributed by atoms with Gasteiger partial charge in [0.25, 0.3) is 5.91 Å². The quantitative estimate of drug-likeness (QED) is 0.130. The van der Waals surface area contributed by atoms with Gasteiger partial charge in [-0.25, -0.2) is 10.2 Å². The van der Waals surface area contributed by atoms with Gasteiger partial charge in [-0.3, -0.25) is 4.79 Å². The molecule has 41 heavy (non-hydrogen) atoms. The zero-order valence-electron chi connectivity index (χ0n) is 22.9. The third kappa shape index (κ3) is 6.90. The van der Waals surface area contributed by atoms with Gasteiger partial charge in [-0.15, -0.1) is 0 Å². The monoisotopic (exact) mass is 613 g/mol. The number of halogens is 2. The van der Waals surface area contributed by atoms with Gasteiger partial charge < -0.3 is 24.7 Å². The summed E-state index contributed by atoms with van der Waals surface area (Å²) in [5.41, 5.74) is 7.65. The highest BCUT2D eigenvalue weighted by atomic mass is 35.5. The number of aryl methyl sites for hydroxylation is 1. The van der Waals surface area contributed by atoms with E-state index in [2.05, 4.69) is 21.2 Å². The number of hydrogen-bond acceptors (Lipinski definition) is 6. The number of hydrazone groups is 1. The van der Waals surface area contributed by atoms with E-state index >= 15 is 0 Å². The molecule has 3 aromatic rings. The first-order chi connectivity index (χ1) is 19.6. The Labute approximate surface area is 253 Å². The first-order valence-corrected chi connectivity index (χ1v) is 13.9. The van der Waals surface area contributed by atoms with Crippen molar-refractivity contribution in [3.63, 3.8) is 0 Å². The Morgan fingerprint density at radius 1 is 1.12 bits per heavy atom. The molecule has 0 fully saturated rings. The van der Waals surface area contributed by atoms with Crippen LogP contribution in [-0.4, -0.2) is 41.0 Å². The number of thiocarbonyl (C=S) groups is 1. The molecular formula is C29H29Cl2N5O4S. The number of benzene rings is 2. The number of carbonyl (C=O) groups is 2. The zero-order chi connectivity index (χ0) is 29.7. The van der Waals surface area contributed by atoms with Crippen molar-refractivity contribution in [3.05, 3.63) is 92.4 Å². The van der Waals surface area contributed by atoms with Gasteiger partial charge in [-0.1, -0.05) is 41.4 Å².